The van der Waals surface area contributed by atoms with Crippen LogP contribution in [-0.4, -0.2) is 24.0 Å². The molecule has 3 N–H and O–H groups in total. The van der Waals surface area contributed by atoms with E-state index in [-0.39, 0.29) is 11.6 Å². The highest BCUT2D eigenvalue weighted by molar-refractivity contribution is 5.39. The molecule has 0 fully saturated rings. The summed E-state index contributed by atoms with van der Waals surface area (Å²) in [5.41, 5.74) is 11.1. The molecule has 1 heterocycles. The number of rotatable bonds is 7. The molecule has 5 heteroatoms. The Hall–Kier alpha value is -2.76. The number of hydrogen-bond donors (Lipinski definition) is 2. The lowest BCUT2D eigenvalue weighted by atomic mass is 9.90. The maximum Gasteiger partial charge on any atom is 0.123 e. The Balaban J connectivity index is 1.41. The van der Waals surface area contributed by atoms with Crippen molar-refractivity contribution in [3.8, 4) is 0 Å². The normalized spacial score (nSPS) is 16.4. The van der Waals surface area contributed by atoms with E-state index in [1.807, 2.05) is 42.5 Å². The van der Waals surface area contributed by atoms with E-state index in [9.17, 15) is 8.78 Å². The van der Waals surface area contributed by atoms with E-state index in [4.69, 9.17) is 5.73 Å². The van der Waals surface area contributed by atoms with Crippen LogP contribution in [-0.2, 0) is 25.9 Å². The Kier molecular flexibility index (Phi) is 6.41. The lowest BCUT2D eigenvalue weighted by molar-refractivity contribution is 0.170. The second kappa shape index (κ2) is 9.37. The van der Waals surface area contributed by atoms with Crippen LogP contribution in [0.1, 0.15) is 22.3 Å². The van der Waals surface area contributed by atoms with Gasteiger partial charge in [-0.3, -0.25) is 4.90 Å². The monoisotopic (exact) mass is 407 g/mol. The first-order valence-electron chi connectivity index (χ1n) is 10.4. The lowest BCUT2D eigenvalue weighted by Crippen LogP contribution is -2.44. The number of benzene rings is 3. The largest absolute Gasteiger partial charge is 0.399 e. The summed E-state index contributed by atoms with van der Waals surface area (Å²) in [6.45, 7) is 3.19. The van der Waals surface area contributed by atoms with Crippen LogP contribution in [0.2, 0.25) is 0 Å². The van der Waals surface area contributed by atoms with Crippen molar-refractivity contribution in [1.29, 1.82) is 0 Å². The first-order valence-corrected chi connectivity index (χ1v) is 10.4. The minimum absolute atomic E-state index is 0.188. The molecule has 0 amide bonds. The maximum atomic E-state index is 13.8. The summed E-state index contributed by atoms with van der Waals surface area (Å²) in [7, 11) is 0. The van der Waals surface area contributed by atoms with E-state index in [0.717, 1.165) is 55.8 Å². The van der Waals surface area contributed by atoms with Gasteiger partial charge in [-0.2, -0.15) is 0 Å². The van der Waals surface area contributed by atoms with Gasteiger partial charge in [0.25, 0.3) is 0 Å². The quantitative estimate of drug-likeness (QED) is 0.453. The van der Waals surface area contributed by atoms with Crippen molar-refractivity contribution in [3.63, 3.8) is 0 Å². The number of fused-ring (bicyclic) bond motifs is 1. The highest BCUT2D eigenvalue weighted by atomic mass is 19.1. The van der Waals surface area contributed by atoms with Crippen LogP contribution < -0.4 is 11.1 Å². The van der Waals surface area contributed by atoms with Gasteiger partial charge in [0, 0.05) is 37.9 Å². The van der Waals surface area contributed by atoms with Crippen LogP contribution in [0.3, 0.4) is 0 Å². The predicted molar refractivity (Wildman–Crippen MR) is 117 cm³/mol. The van der Waals surface area contributed by atoms with E-state index < -0.39 is 0 Å². The molecule has 0 saturated carbocycles. The zero-order chi connectivity index (χ0) is 20.9. The van der Waals surface area contributed by atoms with Crippen molar-refractivity contribution in [1.82, 2.24) is 10.2 Å². The molecule has 156 valence electrons. The average Bonchev–Trinajstić information content (AvgIpc) is 2.74. The SMILES string of the molecule is Nc1ccc(CNCCN2Cc3cc(F)ccc3CC2Cc2ccc(F)cc2)cc1. The van der Waals surface area contributed by atoms with Crippen molar-refractivity contribution < 1.29 is 8.78 Å². The molecule has 3 aromatic rings. The number of nitrogens with zero attached hydrogens (tertiary/aromatic N) is 1. The summed E-state index contributed by atoms with van der Waals surface area (Å²) < 4.78 is 27.0. The van der Waals surface area contributed by atoms with Gasteiger partial charge in [-0.1, -0.05) is 30.3 Å². The summed E-state index contributed by atoms with van der Waals surface area (Å²) in [5.74, 6) is -0.404. The summed E-state index contributed by atoms with van der Waals surface area (Å²) in [6.07, 6.45) is 1.71. The summed E-state index contributed by atoms with van der Waals surface area (Å²) >= 11 is 0. The van der Waals surface area contributed by atoms with Gasteiger partial charge < -0.3 is 11.1 Å². The lowest BCUT2D eigenvalue weighted by Gasteiger charge is -2.37. The fraction of sp³-hybridized carbons (Fsp3) is 0.280. The van der Waals surface area contributed by atoms with Crippen LogP contribution in [0, 0.1) is 11.6 Å². The average molecular weight is 408 g/mol. The Morgan fingerprint density at radius 2 is 1.57 bits per heavy atom. The molecule has 0 bridgehead atoms. The van der Waals surface area contributed by atoms with Crippen molar-refractivity contribution in [2.24, 2.45) is 0 Å². The van der Waals surface area contributed by atoms with Gasteiger partial charge in [0.2, 0.25) is 0 Å². The molecule has 1 aliphatic rings. The molecule has 0 radical (unpaired) electrons. The third-order valence-corrected chi connectivity index (χ3v) is 5.78. The highest BCUT2D eigenvalue weighted by Gasteiger charge is 2.26. The van der Waals surface area contributed by atoms with Crippen LogP contribution in [0.5, 0.6) is 0 Å². The van der Waals surface area contributed by atoms with Gasteiger partial charge in [0.1, 0.15) is 11.6 Å². The predicted octanol–water partition coefficient (Wildman–Crippen LogP) is 4.31. The number of nitrogen functional groups attached to an aromatic ring is 1. The molecule has 4 rings (SSSR count). The Bertz CT molecular complexity index is 971. The minimum atomic E-state index is -0.216. The van der Waals surface area contributed by atoms with Gasteiger partial charge in [0.15, 0.2) is 0 Å². The fourth-order valence-corrected chi connectivity index (χ4v) is 4.12. The molecule has 3 nitrogen and oxygen atoms in total. The third-order valence-electron chi connectivity index (χ3n) is 5.78. The zero-order valence-electron chi connectivity index (χ0n) is 17.0. The van der Waals surface area contributed by atoms with Crippen molar-refractivity contribution in [2.45, 2.75) is 32.0 Å². The Labute approximate surface area is 176 Å². The van der Waals surface area contributed by atoms with Crippen molar-refractivity contribution in [2.75, 3.05) is 18.8 Å². The smallest absolute Gasteiger partial charge is 0.123 e. The van der Waals surface area contributed by atoms with Gasteiger partial charge in [0.05, 0.1) is 0 Å². The maximum absolute atomic E-state index is 13.8. The van der Waals surface area contributed by atoms with Crippen LogP contribution in [0.4, 0.5) is 14.5 Å². The number of nitrogens with one attached hydrogen (secondary N) is 1. The van der Waals surface area contributed by atoms with E-state index in [1.165, 1.54) is 29.3 Å². The molecule has 0 spiro atoms. The molecule has 1 atom stereocenters. The molecule has 3 aromatic carbocycles. The van der Waals surface area contributed by atoms with E-state index in [0.29, 0.717) is 6.04 Å². The van der Waals surface area contributed by atoms with Crippen molar-refractivity contribution in [3.05, 3.63) is 101 Å². The van der Waals surface area contributed by atoms with Crippen LogP contribution >= 0.6 is 0 Å². The molecule has 1 aliphatic heterocycles. The van der Waals surface area contributed by atoms with Gasteiger partial charge in [-0.25, -0.2) is 8.78 Å². The summed E-state index contributed by atoms with van der Waals surface area (Å²) in [5, 5.41) is 3.49. The van der Waals surface area contributed by atoms with E-state index in [1.54, 1.807) is 6.07 Å². The van der Waals surface area contributed by atoms with Gasteiger partial charge >= 0.3 is 0 Å². The standard InChI is InChI=1S/C25H27F2N3/c26-22-6-1-18(2-7-22)13-25-15-20-5-8-23(27)14-21(20)17-30(25)12-11-29-16-19-3-9-24(28)10-4-19/h1-10,14,25,29H,11-13,15-17,28H2. The molecular weight excluding hydrogens is 380 g/mol. The number of hydrogen-bond acceptors (Lipinski definition) is 3. The summed E-state index contributed by atoms with van der Waals surface area (Å²) in [6, 6.07) is 20.0. The first-order chi connectivity index (χ1) is 14.6. The summed E-state index contributed by atoms with van der Waals surface area (Å²) in [4.78, 5) is 2.40. The van der Waals surface area contributed by atoms with Crippen LogP contribution in [0.25, 0.3) is 0 Å². The second-order valence-corrected chi connectivity index (χ2v) is 7.99. The molecule has 0 aliphatic carbocycles. The highest BCUT2D eigenvalue weighted by Crippen LogP contribution is 2.26. The molecule has 1 unspecified atom stereocenters. The minimum Gasteiger partial charge on any atom is -0.399 e. The van der Waals surface area contributed by atoms with Crippen LogP contribution in [0.15, 0.2) is 66.7 Å². The van der Waals surface area contributed by atoms with E-state index >= 15 is 0 Å². The third kappa shape index (κ3) is 5.23. The molecule has 0 aromatic heterocycles. The Morgan fingerprint density at radius 1 is 0.867 bits per heavy atom. The number of nitrogens with two attached hydrogens (primary N) is 1. The van der Waals surface area contributed by atoms with E-state index in [2.05, 4.69) is 10.2 Å². The molecular formula is C25H27F2N3. The fourth-order valence-electron chi connectivity index (χ4n) is 4.12. The molecule has 30 heavy (non-hydrogen) atoms. The topological polar surface area (TPSA) is 41.3 Å². The van der Waals surface area contributed by atoms with Gasteiger partial charge in [-0.05, 0) is 71.5 Å². The molecule has 0 saturated heterocycles. The van der Waals surface area contributed by atoms with Crippen molar-refractivity contribution >= 4 is 5.69 Å². The Morgan fingerprint density at radius 3 is 2.33 bits per heavy atom. The zero-order valence-corrected chi connectivity index (χ0v) is 17.0. The first kappa shape index (κ1) is 20.5. The number of anilines is 1. The number of halogens is 2. The second-order valence-electron chi connectivity index (χ2n) is 7.99. The van der Waals surface area contributed by atoms with Gasteiger partial charge in [-0.15, -0.1) is 0 Å².